The van der Waals surface area contributed by atoms with Crippen molar-refractivity contribution in [3.8, 4) is 10.7 Å². The summed E-state index contributed by atoms with van der Waals surface area (Å²) in [4.78, 5) is 8.99. The summed E-state index contributed by atoms with van der Waals surface area (Å²) >= 11 is 1.66. The van der Waals surface area contributed by atoms with Crippen molar-refractivity contribution in [1.29, 1.82) is 0 Å². The molecule has 3 rings (SSSR count). The highest BCUT2D eigenvalue weighted by Gasteiger charge is 2.37. The van der Waals surface area contributed by atoms with Crippen LogP contribution in [0.3, 0.4) is 0 Å². The van der Waals surface area contributed by atoms with Crippen molar-refractivity contribution >= 4 is 11.3 Å². The molecule has 1 aliphatic rings. The first-order valence-corrected chi connectivity index (χ1v) is 7.64. The Balaban J connectivity index is 1.65. The Kier molecular flexibility index (Phi) is 3.37. The maximum absolute atomic E-state index is 4.66. The van der Waals surface area contributed by atoms with Gasteiger partial charge in [-0.05, 0) is 44.7 Å². The predicted molar refractivity (Wildman–Crippen MR) is 79.0 cm³/mol. The van der Waals surface area contributed by atoms with Crippen molar-refractivity contribution in [2.45, 2.75) is 38.8 Å². The fraction of sp³-hybridized carbons (Fsp3) is 0.467. The number of aromatic nitrogens is 2. The van der Waals surface area contributed by atoms with E-state index in [9.17, 15) is 0 Å². The normalized spacial score (nSPS) is 15.7. The molecule has 0 amide bonds. The van der Waals surface area contributed by atoms with Crippen LogP contribution in [0.5, 0.6) is 0 Å². The van der Waals surface area contributed by atoms with Crippen LogP contribution in [0.1, 0.15) is 32.4 Å². The van der Waals surface area contributed by atoms with Gasteiger partial charge in [0, 0.05) is 23.7 Å². The molecule has 19 heavy (non-hydrogen) atoms. The van der Waals surface area contributed by atoms with Crippen molar-refractivity contribution in [3.63, 3.8) is 0 Å². The minimum absolute atomic E-state index is 0.231. The van der Waals surface area contributed by atoms with Crippen LogP contribution in [-0.2, 0) is 6.54 Å². The van der Waals surface area contributed by atoms with Crippen molar-refractivity contribution in [3.05, 3.63) is 35.5 Å². The number of thiazole rings is 1. The van der Waals surface area contributed by atoms with Crippen LogP contribution in [0, 0.1) is 5.92 Å². The first-order valence-electron chi connectivity index (χ1n) is 6.76. The Morgan fingerprint density at radius 1 is 1.37 bits per heavy atom. The minimum Gasteiger partial charge on any atom is -0.306 e. The summed E-state index contributed by atoms with van der Waals surface area (Å²) in [5.74, 6) is 0.835. The molecular formula is C15H19N3S. The molecule has 0 saturated heterocycles. The zero-order valence-corrected chi connectivity index (χ0v) is 12.2. The summed E-state index contributed by atoms with van der Waals surface area (Å²) in [5, 5.41) is 6.75. The van der Waals surface area contributed by atoms with E-state index in [0.29, 0.717) is 0 Å². The van der Waals surface area contributed by atoms with E-state index in [-0.39, 0.29) is 5.54 Å². The smallest absolute Gasteiger partial charge is 0.142 e. The van der Waals surface area contributed by atoms with E-state index in [0.717, 1.165) is 28.9 Å². The summed E-state index contributed by atoms with van der Waals surface area (Å²) in [6, 6.07) is 5.93. The molecule has 2 aromatic heterocycles. The van der Waals surface area contributed by atoms with Crippen molar-refractivity contribution in [2.24, 2.45) is 5.92 Å². The van der Waals surface area contributed by atoms with Crippen LogP contribution in [-0.4, -0.2) is 15.5 Å². The topological polar surface area (TPSA) is 37.8 Å². The highest BCUT2D eigenvalue weighted by atomic mass is 32.1. The highest BCUT2D eigenvalue weighted by Crippen LogP contribution is 2.39. The number of nitrogens with one attached hydrogen (secondary N) is 1. The summed E-state index contributed by atoms with van der Waals surface area (Å²) in [6.45, 7) is 5.42. The number of hydrogen-bond acceptors (Lipinski definition) is 4. The molecule has 100 valence electrons. The lowest BCUT2D eigenvalue weighted by molar-refractivity contribution is 0.338. The molecule has 1 aliphatic carbocycles. The second kappa shape index (κ2) is 5.02. The Labute approximate surface area is 118 Å². The average Bonchev–Trinajstić information content (AvgIpc) is 3.18. The lowest BCUT2D eigenvalue weighted by atomic mass is 9.99. The number of hydrogen-bond donors (Lipinski definition) is 1. The molecule has 2 heterocycles. The number of pyridine rings is 1. The predicted octanol–water partition coefficient (Wildman–Crippen LogP) is 3.48. The van der Waals surface area contributed by atoms with Crippen molar-refractivity contribution < 1.29 is 0 Å². The molecule has 0 aliphatic heterocycles. The first-order chi connectivity index (χ1) is 9.15. The first kappa shape index (κ1) is 12.8. The molecule has 0 unspecified atom stereocenters. The monoisotopic (exact) mass is 273 g/mol. The van der Waals surface area contributed by atoms with Crippen LogP contribution < -0.4 is 5.32 Å². The molecule has 0 spiro atoms. The van der Waals surface area contributed by atoms with Gasteiger partial charge in [-0.1, -0.05) is 6.07 Å². The highest BCUT2D eigenvalue weighted by molar-refractivity contribution is 7.13. The second-order valence-electron chi connectivity index (χ2n) is 5.71. The molecule has 1 saturated carbocycles. The summed E-state index contributed by atoms with van der Waals surface area (Å²) in [5.41, 5.74) is 2.30. The fourth-order valence-corrected chi connectivity index (χ4v) is 3.06. The van der Waals surface area contributed by atoms with Crippen LogP contribution in [0.4, 0.5) is 0 Å². The summed E-state index contributed by atoms with van der Waals surface area (Å²) in [6.07, 6.45) is 4.53. The lowest BCUT2D eigenvalue weighted by Crippen LogP contribution is -2.40. The molecule has 4 heteroatoms. The van der Waals surface area contributed by atoms with Gasteiger partial charge in [-0.25, -0.2) is 4.98 Å². The second-order valence-corrected chi connectivity index (χ2v) is 6.57. The van der Waals surface area contributed by atoms with Gasteiger partial charge >= 0.3 is 0 Å². The van der Waals surface area contributed by atoms with Gasteiger partial charge in [-0.15, -0.1) is 11.3 Å². The van der Waals surface area contributed by atoms with Crippen molar-refractivity contribution in [2.75, 3.05) is 0 Å². The molecule has 1 N–H and O–H groups in total. The number of rotatable bonds is 5. The minimum atomic E-state index is 0.231. The van der Waals surface area contributed by atoms with E-state index in [4.69, 9.17) is 0 Å². The van der Waals surface area contributed by atoms with E-state index in [1.54, 1.807) is 11.3 Å². The van der Waals surface area contributed by atoms with Crippen LogP contribution in [0.2, 0.25) is 0 Å². The van der Waals surface area contributed by atoms with E-state index < -0.39 is 0 Å². The number of nitrogens with zero attached hydrogens (tertiary/aromatic N) is 2. The largest absolute Gasteiger partial charge is 0.306 e. The Bertz CT molecular complexity index is 544. The third kappa shape index (κ3) is 3.01. The fourth-order valence-electron chi connectivity index (χ4n) is 2.26. The van der Waals surface area contributed by atoms with Gasteiger partial charge in [0.1, 0.15) is 5.01 Å². The van der Waals surface area contributed by atoms with Crippen LogP contribution in [0.15, 0.2) is 29.8 Å². The lowest BCUT2D eigenvalue weighted by Gasteiger charge is -2.25. The Morgan fingerprint density at radius 3 is 2.89 bits per heavy atom. The molecule has 1 fully saturated rings. The van der Waals surface area contributed by atoms with Crippen LogP contribution in [0.25, 0.3) is 10.7 Å². The molecule has 0 atom stereocenters. The quantitative estimate of drug-likeness (QED) is 0.906. The molecule has 0 bridgehead atoms. The van der Waals surface area contributed by atoms with E-state index in [2.05, 4.69) is 34.5 Å². The van der Waals surface area contributed by atoms with Gasteiger partial charge in [0.2, 0.25) is 0 Å². The van der Waals surface area contributed by atoms with Gasteiger partial charge in [0.05, 0.1) is 11.4 Å². The average molecular weight is 273 g/mol. The third-order valence-corrected chi connectivity index (χ3v) is 4.67. The van der Waals surface area contributed by atoms with Gasteiger partial charge < -0.3 is 5.32 Å². The maximum Gasteiger partial charge on any atom is 0.142 e. The zero-order chi connectivity index (χ0) is 13.3. The molecule has 3 nitrogen and oxygen atoms in total. The summed E-state index contributed by atoms with van der Waals surface area (Å²) in [7, 11) is 0. The van der Waals surface area contributed by atoms with Crippen molar-refractivity contribution in [1.82, 2.24) is 15.3 Å². The van der Waals surface area contributed by atoms with E-state index in [1.807, 2.05) is 24.4 Å². The summed E-state index contributed by atoms with van der Waals surface area (Å²) < 4.78 is 0. The standard InChI is InChI=1S/C15H19N3S/c1-15(2,11-6-7-11)17-9-12-10-19-14(18-12)13-5-3-4-8-16-13/h3-5,8,10-11,17H,6-7,9H2,1-2H3. The molecule has 0 radical (unpaired) electrons. The Hall–Kier alpha value is -1.26. The zero-order valence-electron chi connectivity index (χ0n) is 11.4. The maximum atomic E-state index is 4.66. The van der Waals surface area contributed by atoms with E-state index in [1.165, 1.54) is 12.8 Å². The SMILES string of the molecule is CC(C)(NCc1csc(-c2ccccn2)n1)C1CC1. The third-order valence-electron chi connectivity index (χ3n) is 3.76. The molecular weight excluding hydrogens is 254 g/mol. The molecule has 0 aromatic carbocycles. The van der Waals surface area contributed by atoms with Gasteiger partial charge in [0.15, 0.2) is 0 Å². The van der Waals surface area contributed by atoms with Gasteiger partial charge in [-0.2, -0.15) is 0 Å². The van der Waals surface area contributed by atoms with Gasteiger partial charge in [0.25, 0.3) is 0 Å². The van der Waals surface area contributed by atoms with E-state index >= 15 is 0 Å². The van der Waals surface area contributed by atoms with Crippen LogP contribution >= 0.6 is 11.3 Å². The molecule has 2 aromatic rings. The van der Waals surface area contributed by atoms with Gasteiger partial charge in [-0.3, -0.25) is 4.98 Å². The Morgan fingerprint density at radius 2 is 2.21 bits per heavy atom.